The molecule has 2 aliphatic rings. The van der Waals surface area contributed by atoms with Gasteiger partial charge in [-0.05, 0) is 24.6 Å². The van der Waals surface area contributed by atoms with Crippen molar-refractivity contribution < 1.29 is 9.59 Å². The Morgan fingerprint density at radius 1 is 0.938 bits per heavy atom. The van der Waals surface area contributed by atoms with Gasteiger partial charge in [0.05, 0.1) is 12.2 Å². The molecular formula is C25H27N5O2. The molecule has 0 N–H and O–H groups in total. The van der Waals surface area contributed by atoms with Crippen LogP contribution in [0.5, 0.6) is 0 Å². The van der Waals surface area contributed by atoms with Crippen LogP contribution in [0.4, 0.5) is 11.5 Å². The van der Waals surface area contributed by atoms with Gasteiger partial charge >= 0.3 is 0 Å². The average molecular weight is 430 g/mol. The van der Waals surface area contributed by atoms with E-state index < -0.39 is 0 Å². The minimum atomic E-state index is -0.0231. The zero-order valence-electron chi connectivity index (χ0n) is 18.3. The maximum atomic E-state index is 13.1. The summed E-state index contributed by atoms with van der Waals surface area (Å²) in [6, 6.07) is 20.3. The largest absolute Gasteiger partial charge is 0.368 e. The zero-order valence-corrected chi connectivity index (χ0v) is 18.3. The van der Waals surface area contributed by atoms with Crippen LogP contribution in [-0.4, -0.2) is 59.2 Å². The third-order valence-electron chi connectivity index (χ3n) is 6.34. The second-order valence-electron chi connectivity index (χ2n) is 8.36. The molecule has 7 heteroatoms. The highest BCUT2D eigenvalue weighted by molar-refractivity contribution is 5.99. The van der Waals surface area contributed by atoms with Crippen LogP contribution >= 0.6 is 0 Å². The number of carbonyl (C=O) groups is 2. The average Bonchev–Trinajstić information content (AvgIpc) is 3.26. The molecule has 164 valence electrons. The molecule has 0 aliphatic carbocycles. The molecule has 32 heavy (non-hydrogen) atoms. The molecule has 0 saturated carbocycles. The molecule has 1 aromatic heterocycles. The molecule has 2 aliphatic heterocycles. The summed E-state index contributed by atoms with van der Waals surface area (Å²) < 4.78 is 1.85. The van der Waals surface area contributed by atoms with Crippen LogP contribution in [0, 0.1) is 6.92 Å². The van der Waals surface area contributed by atoms with Crippen LogP contribution in [0.1, 0.15) is 12.0 Å². The Hall–Kier alpha value is -3.61. The third-order valence-corrected chi connectivity index (χ3v) is 6.34. The summed E-state index contributed by atoms with van der Waals surface area (Å²) in [6.07, 6.45) is 0.358. The molecule has 0 bridgehead atoms. The van der Waals surface area contributed by atoms with Gasteiger partial charge in [0.25, 0.3) is 0 Å². The van der Waals surface area contributed by atoms with Crippen molar-refractivity contribution >= 4 is 23.3 Å². The number of anilines is 2. The fourth-order valence-corrected chi connectivity index (χ4v) is 4.50. The number of amides is 2. The Kier molecular flexibility index (Phi) is 5.39. The molecule has 2 amide bonds. The van der Waals surface area contributed by atoms with Crippen LogP contribution < -0.4 is 9.80 Å². The molecule has 0 radical (unpaired) electrons. The number of hydrogen-bond donors (Lipinski definition) is 0. The SMILES string of the molecule is Cc1ccccc1-c1cc2n(n1)CCC(=O)N2CC(=O)N1CCN(c2ccccc2)CC1. The number of benzene rings is 2. The van der Waals surface area contributed by atoms with Crippen molar-refractivity contribution in [2.24, 2.45) is 0 Å². The zero-order chi connectivity index (χ0) is 22.1. The number of aromatic nitrogens is 2. The second-order valence-corrected chi connectivity index (χ2v) is 8.36. The smallest absolute Gasteiger partial charge is 0.242 e. The van der Waals surface area contributed by atoms with Gasteiger partial charge in [-0.15, -0.1) is 0 Å². The molecule has 1 saturated heterocycles. The van der Waals surface area contributed by atoms with E-state index in [4.69, 9.17) is 5.10 Å². The molecule has 0 unspecified atom stereocenters. The van der Waals surface area contributed by atoms with Crippen molar-refractivity contribution in [3.63, 3.8) is 0 Å². The van der Waals surface area contributed by atoms with Crippen LogP contribution in [-0.2, 0) is 16.1 Å². The quantitative estimate of drug-likeness (QED) is 0.640. The summed E-state index contributed by atoms with van der Waals surface area (Å²) in [7, 11) is 0. The van der Waals surface area contributed by atoms with E-state index in [2.05, 4.69) is 30.0 Å². The first-order valence-electron chi connectivity index (χ1n) is 11.1. The summed E-state index contributed by atoms with van der Waals surface area (Å²) in [6.45, 7) is 5.55. The highest BCUT2D eigenvalue weighted by Crippen LogP contribution is 2.29. The first-order chi connectivity index (χ1) is 15.6. The van der Waals surface area contributed by atoms with Gasteiger partial charge < -0.3 is 9.80 Å². The summed E-state index contributed by atoms with van der Waals surface area (Å²) >= 11 is 0. The highest BCUT2D eigenvalue weighted by Gasteiger charge is 2.30. The Labute approximate surface area is 187 Å². The monoisotopic (exact) mass is 429 g/mol. The normalized spacial score (nSPS) is 16.3. The molecule has 1 fully saturated rings. The van der Waals surface area contributed by atoms with Gasteiger partial charge in [-0.25, -0.2) is 4.68 Å². The summed E-state index contributed by atoms with van der Waals surface area (Å²) in [5.41, 5.74) is 4.19. The lowest BCUT2D eigenvalue weighted by Crippen LogP contribution is -2.52. The van der Waals surface area contributed by atoms with Crippen LogP contribution in [0.3, 0.4) is 0 Å². The summed E-state index contributed by atoms with van der Waals surface area (Å²) in [5, 5.41) is 4.72. The molecule has 0 atom stereocenters. The molecule has 3 heterocycles. The predicted molar refractivity (Wildman–Crippen MR) is 125 cm³/mol. The lowest BCUT2D eigenvalue weighted by molar-refractivity contribution is -0.132. The van der Waals surface area contributed by atoms with E-state index >= 15 is 0 Å². The standard InChI is InChI=1S/C25H27N5O2/c1-19-7-5-6-10-21(19)22-17-23-29(24(31)11-12-30(23)26-22)18-25(32)28-15-13-27(14-16-28)20-8-3-2-4-9-20/h2-10,17H,11-16,18H2,1H3. The molecule has 2 aromatic carbocycles. The number of hydrogen-bond acceptors (Lipinski definition) is 4. The minimum Gasteiger partial charge on any atom is -0.368 e. The van der Waals surface area contributed by atoms with E-state index in [9.17, 15) is 9.59 Å². The van der Waals surface area contributed by atoms with Crippen molar-refractivity contribution in [1.29, 1.82) is 0 Å². The van der Waals surface area contributed by atoms with Crippen LogP contribution in [0.2, 0.25) is 0 Å². The maximum absolute atomic E-state index is 13.1. The fourth-order valence-electron chi connectivity index (χ4n) is 4.50. The van der Waals surface area contributed by atoms with Gasteiger partial charge in [-0.2, -0.15) is 5.10 Å². The van der Waals surface area contributed by atoms with E-state index in [0.29, 0.717) is 31.9 Å². The first kappa shape index (κ1) is 20.3. The van der Waals surface area contributed by atoms with Gasteiger partial charge in [0.15, 0.2) is 0 Å². The molecule has 5 rings (SSSR count). The van der Waals surface area contributed by atoms with Crippen molar-refractivity contribution in [2.75, 3.05) is 42.5 Å². The van der Waals surface area contributed by atoms with Crippen molar-refractivity contribution in [3.8, 4) is 11.3 Å². The minimum absolute atomic E-state index is 0.0156. The third kappa shape index (κ3) is 3.86. The first-order valence-corrected chi connectivity index (χ1v) is 11.1. The topological polar surface area (TPSA) is 61.7 Å². The highest BCUT2D eigenvalue weighted by atomic mass is 16.2. The van der Waals surface area contributed by atoms with E-state index in [1.807, 2.05) is 52.0 Å². The van der Waals surface area contributed by atoms with Crippen LogP contribution in [0.15, 0.2) is 60.7 Å². The number of para-hydroxylation sites is 1. The Morgan fingerprint density at radius 2 is 1.66 bits per heavy atom. The predicted octanol–water partition coefficient (Wildman–Crippen LogP) is 2.94. The van der Waals surface area contributed by atoms with E-state index in [1.165, 1.54) is 5.69 Å². The van der Waals surface area contributed by atoms with Gasteiger partial charge in [-0.3, -0.25) is 14.5 Å². The lowest BCUT2D eigenvalue weighted by Gasteiger charge is -2.37. The number of piperazine rings is 1. The van der Waals surface area contributed by atoms with Gasteiger partial charge in [-0.1, -0.05) is 42.5 Å². The molecule has 7 nitrogen and oxygen atoms in total. The van der Waals surface area contributed by atoms with Gasteiger partial charge in [0.2, 0.25) is 11.8 Å². The van der Waals surface area contributed by atoms with E-state index in [-0.39, 0.29) is 18.4 Å². The second kappa shape index (κ2) is 8.49. The number of carbonyl (C=O) groups excluding carboxylic acids is 2. The van der Waals surface area contributed by atoms with E-state index in [1.54, 1.807) is 4.90 Å². The number of fused-ring (bicyclic) bond motifs is 1. The number of rotatable bonds is 4. The summed E-state index contributed by atoms with van der Waals surface area (Å²) in [5.74, 6) is 0.666. The molecule has 3 aromatic rings. The van der Waals surface area contributed by atoms with E-state index in [0.717, 1.165) is 29.9 Å². The Balaban J connectivity index is 1.29. The lowest BCUT2D eigenvalue weighted by atomic mass is 10.1. The van der Waals surface area contributed by atoms with Crippen molar-refractivity contribution in [1.82, 2.24) is 14.7 Å². The van der Waals surface area contributed by atoms with Gasteiger partial charge in [0, 0.05) is 49.9 Å². The molecular weight excluding hydrogens is 402 g/mol. The van der Waals surface area contributed by atoms with Crippen molar-refractivity contribution in [2.45, 2.75) is 19.9 Å². The molecule has 0 spiro atoms. The maximum Gasteiger partial charge on any atom is 0.242 e. The Morgan fingerprint density at radius 3 is 2.41 bits per heavy atom. The van der Waals surface area contributed by atoms with Crippen molar-refractivity contribution in [3.05, 3.63) is 66.2 Å². The fraction of sp³-hybridized carbons (Fsp3) is 0.320. The number of nitrogens with zero attached hydrogens (tertiary/aromatic N) is 5. The number of aryl methyl sites for hydroxylation is 2. The van der Waals surface area contributed by atoms with Gasteiger partial charge in [0.1, 0.15) is 12.4 Å². The van der Waals surface area contributed by atoms with Crippen LogP contribution in [0.25, 0.3) is 11.3 Å². The summed E-state index contributed by atoms with van der Waals surface area (Å²) in [4.78, 5) is 31.6. The Bertz CT molecular complexity index is 1130.